The van der Waals surface area contributed by atoms with Crippen LogP contribution < -0.4 is 9.47 Å². The number of halogens is 1. The summed E-state index contributed by atoms with van der Waals surface area (Å²) in [5.74, 6) is -1.08. The number of para-hydroxylation sites is 2. The fourth-order valence-electron chi connectivity index (χ4n) is 1.47. The maximum Gasteiger partial charge on any atom is 0.349 e. The van der Waals surface area contributed by atoms with Crippen molar-refractivity contribution < 1.29 is 28.6 Å². The zero-order valence-corrected chi connectivity index (χ0v) is 12.9. The van der Waals surface area contributed by atoms with Gasteiger partial charge in [-0.15, -0.1) is 11.6 Å². The molecule has 0 aromatic heterocycles. The van der Waals surface area contributed by atoms with Gasteiger partial charge < -0.3 is 14.2 Å². The Morgan fingerprint density at radius 1 is 1.00 bits per heavy atom. The Morgan fingerprint density at radius 3 is 2.14 bits per heavy atom. The predicted molar refractivity (Wildman–Crippen MR) is 78.9 cm³/mol. The third kappa shape index (κ3) is 7.08. The first-order chi connectivity index (χ1) is 10.5. The molecule has 0 heterocycles. The number of hydrogen-bond donors (Lipinski definition) is 0. The highest BCUT2D eigenvalue weighted by atomic mass is 35.5. The van der Waals surface area contributed by atoms with Crippen molar-refractivity contribution in [3.05, 3.63) is 24.3 Å². The van der Waals surface area contributed by atoms with Gasteiger partial charge in [-0.3, -0.25) is 9.59 Å². The summed E-state index contributed by atoms with van der Waals surface area (Å²) in [5, 5.41) is 0. The Morgan fingerprint density at radius 2 is 1.59 bits per heavy atom. The molecule has 0 amide bonds. The minimum Gasteiger partial charge on any atom is -0.454 e. The average molecular weight is 329 g/mol. The lowest BCUT2D eigenvalue weighted by Gasteiger charge is -2.10. The second kappa shape index (κ2) is 9.78. The van der Waals surface area contributed by atoms with Gasteiger partial charge in [0.2, 0.25) is 0 Å². The van der Waals surface area contributed by atoms with Gasteiger partial charge in [-0.05, 0) is 25.0 Å². The molecule has 0 saturated carbocycles. The molecule has 0 bridgehead atoms. The molecule has 0 aliphatic heterocycles. The second-order valence-corrected chi connectivity index (χ2v) is 4.70. The average Bonchev–Trinajstić information content (AvgIpc) is 2.47. The highest BCUT2D eigenvalue weighted by Crippen LogP contribution is 2.27. The van der Waals surface area contributed by atoms with Gasteiger partial charge in [0.15, 0.2) is 18.1 Å². The summed E-state index contributed by atoms with van der Waals surface area (Å²) in [5.41, 5.74) is 0. The SMILES string of the molecule is CC(=O)OCC(=O)Oc1ccccc1OC(=O)CCCCCl. The zero-order chi connectivity index (χ0) is 16.4. The van der Waals surface area contributed by atoms with Gasteiger partial charge >= 0.3 is 17.9 Å². The van der Waals surface area contributed by atoms with Crippen LogP contribution in [0.2, 0.25) is 0 Å². The van der Waals surface area contributed by atoms with E-state index in [0.717, 1.165) is 6.42 Å². The topological polar surface area (TPSA) is 78.9 Å². The lowest BCUT2D eigenvalue weighted by atomic mass is 10.2. The Kier molecular flexibility index (Phi) is 7.99. The van der Waals surface area contributed by atoms with E-state index in [0.29, 0.717) is 12.3 Å². The number of hydrogen-bond acceptors (Lipinski definition) is 6. The molecule has 0 saturated heterocycles. The maximum atomic E-state index is 11.7. The van der Waals surface area contributed by atoms with Gasteiger partial charge in [0.25, 0.3) is 0 Å². The van der Waals surface area contributed by atoms with Gasteiger partial charge in [-0.1, -0.05) is 12.1 Å². The molecule has 1 aromatic carbocycles. The molecule has 0 unspecified atom stereocenters. The van der Waals surface area contributed by atoms with Crippen LogP contribution in [0.1, 0.15) is 26.2 Å². The Bertz CT molecular complexity index is 529. The summed E-state index contributed by atoms with van der Waals surface area (Å²) in [4.78, 5) is 33.8. The molecule has 0 atom stereocenters. The van der Waals surface area contributed by atoms with Gasteiger partial charge in [0.1, 0.15) is 0 Å². The van der Waals surface area contributed by atoms with Crippen molar-refractivity contribution in [2.45, 2.75) is 26.2 Å². The van der Waals surface area contributed by atoms with E-state index in [1.54, 1.807) is 12.1 Å². The van der Waals surface area contributed by atoms with Gasteiger partial charge in [0.05, 0.1) is 0 Å². The Labute approximate surface area is 133 Å². The monoisotopic (exact) mass is 328 g/mol. The van der Waals surface area contributed by atoms with Crippen molar-refractivity contribution in [2.75, 3.05) is 12.5 Å². The van der Waals surface area contributed by atoms with Crippen LogP contribution in [0, 0.1) is 0 Å². The van der Waals surface area contributed by atoms with Crippen LogP contribution in [0.4, 0.5) is 0 Å². The van der Waals surface area contributed by atoms with Crippen molar-refractivity contribution in [1.82, 2.24) is 0 Å². The van der Waals surface area contributed by atoms with Crippen molar-refractivity contribution in [2.24, 2.45) is 0 Å². The number of ether oxygens (including phenoxy) is 3. The predicted octanol–water partition coefficient (Wildman–Crippen LogP) is 2.47. The maximum absolute atomic E-state index is 11.7. The molecule has 1 rings (SSSR count). The largest absolute Gasteiger partial charge is 0.454 e. The van der Waals surface area contributed by atoms with E-state index >= 15 is 0 Å². The highest BCUT2D eigenvalue weighted by Gasteiger charge is 2.14. The molecular formula is C15H17ClO6. The molecule has 7 heteroatoms. The lowest BCUT2D eigenvalue weighted by molar-refractivity contribution is -0.152. The first-order valence-electron chi connectivity index (χ1n) is 6.72. The number of benzene rings is 1. The Balaban J connectivity index is 2.59. The van der Waals surface area contributed by atoms with E-state index in [4.69, 9.17) is 21.1 Å². The number of esters is 3. The van der Waals surface area contributed by atoms with Crippen LogP contribution in [-0.2, 0) is 19.1 Å². The molecule has 0 aliphatic carbocycles. The number of unbranched alkanes of at least 4 members (excludes halogenated alkanes) is 1. The molecule has 0 spiro atoms. The normalized spacial score (nSPS) is 9.91. The summed E-state index contributed by atoms with van der Waals surface area (Å²) in [6, 6.07) is 6.25. The Hall–Kier alpha value is -2.08. The number of carbonyl (C=O) groups excluding carboxylic acids is 3. The summed E-state index contributed by atoms with van der Waals surface area (Å²) in [6.45, 7) is 0.678. The van der Waals surface area contributed by atoms with E-state index in [1.807, 2.05) is 0 Å². The van der Waals surface area contributed by atoms with E-state index in [9.17, 15) is 14.4 Å². The van der Waals surface area contributed by atoms with E-state index in [1.165, 1.54) is 19.1 Å². The third-order valence-electron chi connectivity index (χ3n) is 2.45. The molecule has 120 valence electrons. The molecular weight excluding hydrogens is 312 g/mol. The fourth-order valence-corrected chi connectivity index (χ4v) is 1.66. The summed E-state index contributed by atoms with van der Waals surface area (Å²) in [7, 11) is 0. The first kappa shape index (κ1) is 18.0. The van der Waals surface area contributed by atoms with Gasteiger partial charge in [-0.2, -0.15) is 0 Å². The molecule has 1 aromatic rings. The molecule has 22 heavy (non-hydrogen) atoms. The lowest BCUT2D eigenvalue weighted by Crippen LogP contribution is -2.18. The second-order valence-electron chi connectivity index (χ2n) is 4.32. The van der Waals surface area contributed by atoms with Crippen LogP contribution in [0.25, 0.3) is 0 Å². The van der Waals surface area contributed by atoms with Gasteiger partial charge in [0, 0.05) is 19.2 Å². The number of alkyl halides is 1. The van der Waals surface area contributed by atoms with Crippen molar-refractivity contribution in [3.63, 3.8) is 0 Å². The first-order valence-corrected chi connectivity index (χ1v) is 7.26. The van der Waals surface area contributed by atoms with E-state index < -0.39 is 24.5 Å². The molecule has 0 radical (unpaired) electrons. The third-order valence-corrected chi connectivity index (χ3v) is 2.72. The standard InChI is InChI=1S/C15H17ClO6/c1-11(17)20-10-15(19)22-13-7-3-2-6-12(13)21-14(18)8-4-5-9-16/h2-3,6-7H,4-5,8-10H2,1H3. The van der Waals surface area contributed by atoms with Crippen molar-refractivity contribution in [3.8, 4) is 11.5 Å². The van der Waals surface area contributed by atoms with Gasteiger partial charge in [-0.25, -0.2) is 4.79 Å². The van der Waals surface area contributed by atoms with Crippen LogP contribution in [0.15, 0.2) is 24.3 Å². The number of rotatable bonds is 8. The minimum atomic E-state index is -0.763. The number of carbonyl (C=O) groups is 3. The van der Waals surface area contributed by atoms with Crippen LogP contribution in [-0.4, -0.2) is 30.4 Å². The fraction of sp³-hybridized carbons (Fsp3) is 0.400. The quantitative estimate of drug-likeness (QED) is 0.316. The smallest absolute Gasteiger partial charge is 0.349 e. The van der Waals surface area contributed by atoms with Crippen LogP contribution in [0.3, 0.4) is 0 Å². The molecule has 0 aliphatic rings. The highest BCUT2D eigenvalue weighted by molar-refractivity contribution is 6.17. The molecule has 0 N–H and O–H groups in total. The summed E-state index contributed by atoms with van der Waals surface area (Å²) in [6.07, 6.45) is 1.56. The van der Waals surface area contributed by atoms with E-state index in [2.05, 4.69) is 4.74 Å². The molecule has 0 fully saturated rings. The van der Waals surface area contributed by atoms with E-state index in [-0.39, 0.29) is 17.9 Å². The summed E-state index contributed by atoms with van der Waals surface area (Å²) < 4.78 is 14.7. The van der Waals surface area contributed by atoms with Crippen molar-refractivity contribution in [1.29, 1.82) is 0 Å². The minimum absolute atomic E-state index is 0.0883. The van der Waals surface area contributed by atoms with Crippen LogP contribution in [0.5, 0.6) is 11.5 Å². The zero-order valence-electron chi connectivity index (χ0n) is 12.2. The van der Waals surface area contributed by atoms with Crippen molar-refractivity contribution >= 4 is 29.5 Å². The summed E-state index contributed by atoms with van der Waals surface area (Å²) >= 11 is 5.53. The molecule has 6 nitrogen and oxygen atoms in total. The van der Waals surface area contributed by atoms with Crippen LogP contribution >= 0.6 is 11.6 Å².